The highest BCUT2D eigenvalue weighted by molar-refractivity contribution is 7.17. The highest BCUT2D eigenvalue weighted by Gasteiger charge is 2.27. The topological polar surface area (TPSA) is 56.8 Å². The van der Waals surface area contributed by atoms with Gasteiger partial charge in [-0.25, -0.2) is 4.98 Å². The second-order valence-electron chi connectivity index (χ2n) is 7.46. The number of piperidine rings is 1. The van der Waals surface area contributed by atoms with Gasteiger partial charge in [-0.1, -0.05) is 0 Å². The molecule has 2 aromatic heterocycles. The number of carbonyl (C=O) groups excluding carboxylic acids is 2. The van der Waals surface area contributed by atoms with Gasteiger partial charge in [0.05, 0.1) is 12.2 Å². The lowest BCUT2D eigenvalue weighted by molar-refractivity contribution is -0.133. The van der Waals surface area contributed by atoms with Gasteiger partial charge >= 0.3 is 0 Å². The van der Waals surface area contributed by atoms with Crippen molar-refractivity contribution in [2.45, 2.75) is 26.2 Å². The van der Waals surface area contributed by atoms with Gasteiger partial charge in [0.15, 0.2) is 0 Å². The lowest BCUT2D eigenvalue weighted by Gasteiger charge is -2.36. The molecule has 2 aromatic rings. The third-order valence-electron chi connectivity index (χ3n) is 5.49. The monoisotopic (exact) mass is 418 g/mol. The Labute approximate surface area is 173 Å². The zero-order valence-electron chi connectivity index (χ0n) is 16.2. The van der Waals surface area contributed by atoms with E-state index in [-0.39, 0.29) is 11.8 Å². The second kappa shape index (κ2) is 8.71. The van der Waals surface area contributed by atoms with Crippen LogP contribution in [0.25, 0.3) is 10.6 Å². The molecule has 2 amide bonds. The van der Waals surface area contributed by atoms with Gasteiger partial charge in [-0.05, 0) is 37.6 Å². The van der Waals surface area contributed by atoms with Gasteiger partial charge in [0.2, 0.25) is 5.91 Å². The number of carbonyl (C=O) groups is 2. The van der Waals surface area contributed by atoms with E-state index in [2.05, 4.69) is 15.3 Å². The number of thiazole rings is 1. The van der Waals surface area contributed by atoms with Crippen molar-refractivity contribution in [2.24, 2.45) is 0 Å². The van der Waals surface area contributed by atoms with E-state index in [1.54, 1.807) is 11.3 Å². The largest absolute Gasteiger partial charge is 0.342 e. The summed E-state index contributed by atoms with van der Waals surface area (Å²) in [7, 11) is 0. The van der Waals surface area contributed by atoms with Crippen LogP contribution < -0.4 is 0 Å². The van der Waals surface area contributed by atoms with E-state index >= 15 is 0 Å². The molecule has 0 bridgehead atoms. The molecule has 0 spiro atoms. The summed E-state index contributed by atoms with van der Waals surface area (Å²) < 4.78 is 0. The van der Waals surface area contributed by atoms with Gasteiger partial charge in [0, 0.05) is 50.2 Å². The average Bonchev–Trinajstić information content (AvgIpc) is 3.38. The molecule has 0 saturated carbocycles. The van der Waals surface area contributed by atoms with E-state index in [0.29, 0.717) is 19.6 Å². The minimum absolute atomic E-state index is 0.0680. The number of aryl methyl sites for hydroxylation is 1. The summed E-state index contributed by atoms with van der Waals surface area (Å²) in [5.41, 5.74) is 1.89. The minimum atomic E-state index is 0.0680. The molecule has 2 aliphatic heterocycles. The Morgan fingerprint density at radius 3 is 2.46 bits per heavy atom. The van der Waals surface area contributed by atoms with Crippen LogP contribution in [0.5, 0.6) is 0 Å². The number of nitrogens with zero attached hydrogens (tertiary/aromatic N) is 4. The molecule has 0 radical (unpaired) electrons. The Morgan fingerprint density at radius 2 is 1.79 bits per heavy atom. The van der Waals surface area contributed by atoms with Crippen molar-refractivity contribution in [2.75, 3.05) is 45.8 Å². The molecule has 150 valence electrons. The summed E-state index contributed by atoms with van der Waals surface area (Å²) in [6, 6.07) is 2.04. The quantitative estimate of drug-likeness (QED) is 0.766. The van der Waals surface area contributed by atoms with Gasteiger partial charge in [0.25, 0.3) is 5.91 Å². The summed E-state index contributed by atoms with van der Waals surface area (Å²) in [6.45, 7) is 7.01. The zero-order valence-corrected chi connectivity index (χ0v) is 17.9. The number of hydrogen-bond donors (Lipinski definition) is 0. The Bertz CT molecular complexity index is 819. The molecular formula is C20H26N4O2S2. The molecule has 8 heteroatoms. The van der Waals surface area contributed by atoms with Crippen LogP contribution in [-0.4, -0.2) is 77.3 Å². The molecule has 0 atom stereocenters. The number of piperazine rings is 1. The van der Waals surface area contributed by atoms with Crippen molar-refractivity contribution in [1.82, 2.24) is 19.7 Å². The average molecular weight is 419 g/mol. The molecule has 0 N–H and O–H groups in total. The Kier molecular flexibility index (Phi) is 6.08. The molecule has 2 fully saturated rings. The number of hydrogen-bond acceptors (Lipinski definition) is 6. The van der Waals surface area contributed by atoms with Gasteiger partial charge in [-0.15, -0.1) is 11.3 Å². The van der Waals surface area contributed by atoms with Crippen molar-refractivity contribution < 1.29 is 9.59 Å². The van der Waals surface area contributed by atoms with Crippen molar-refractivity contribution in [3.8, 4) is 10.6 Å². The third-order valence-corrected chi connectivity index (χ3v) is 7.36. The summed E-state index contributed by atoms with van der Waals surface area (Å²) in [6.07, 6.45) is 3.47. The lowest BCUT2D eigenvalue weighted by atomic mass is 10.1. The normalized spacial score (nSPS) is 18.5. The van der Waals surface area contributed by atoms with Crippen LogP contribution in [0.1, 0.15) is 34.6 Å². The van der Waals surface area contributed by atoms with Crippen LogP contribution in [0, 0.1) is 6.92 Å². The standard InChI is InChI=1S/C20H26N4O2S2/c1-15-18(28-19(21-15)16-5-12-27-14-16)20(26)24-10-8-22(9-11-24)13-17(25)23-6-3-2-4-7-23/h5,12,14H,2-4,6-11,13H2,1H3. The molecule has 4 rings (SSSR count). The van der Waals surface area contributed by atoms with Crippen LogP contribution in [0.4, 0.5) is 0 Å². The molecule has 2 saturated heterocycles. The highest BCUT2D eigenvalue weighted by atomic mass is 32.1. The molecule has 6 nitrogen and oxygen atoms in total. The first-order valence-corrected chi connectivity index (χ1v) is 11.7. The number of aromatic nitrogens is 1. The predicted octanol–water partition coefficient (Wildman–Crippen LogP) is 2.95. The first kappa shape index (κ1) is 19.5. The summed E-state index contributed by atoms with van der Waals surface area (Å²) in [5.74, 6) is 0.302. The third kappa shape index (κ3) is 4.29. The summed E-state index contributed by atoms with van der Waals surface area (Å²) in [5, 5.41) is 5.00. The van der Waals surface area contributed by atoms with E-state index in [4.69, 9.17) is 0 Å². The van der Waals surface area contributed by atoms with Crippen LogP contribution in [-0.2, 0) is 4.79 Å². The van der Waals surface area contributed by atoms with E-state index in [0.717, 1.165) is 60.2 Å². The summed E-state index contributed by atoms with van der Waals surface area (Å²) >= 11 is 3.12. The fourth-order valence-electron chi connectivity index (χ4n) is 3.79. The highest BCUT2D eigenvalue weighted by Crippen LogP contribution is 2.30. The number of rotatable bonds is 4. The SMILES string of the molecule is Cc1nc(-c2ccsc2)sc1C(=O)N1CCN(CC(=O)N2CCCCC2)CC1. The van der Waals surface area contributed by atoms with Crippen molar-refractivity contribution in [3.63, 3.8) is 0 Å². The van der Waals surface area contributed by atoms with Gasteiger partial charge in [-0.3, -0.25) is 14.5 Å². The first-order chi connectivity index (χ1) is 13.6. The molecule has 0 unspecified atom stereocenters. The lowest BCUT2D eigenvalue weighted by Crippen LogP contribution is -2.52. The van der Waals surface area contributed by atoms with Crippen LogP contribution in [0.2, 0.25) is 0 Å². The molecule has 4 heterocycles. The van der Waals surface area contributed by atoms with E-state index in [1.807, 2.05) is 28.2 Å². The van der Waals surface area contributed by atoms with Crippen molar-refractivity contribution in [3.05, 3.63) is 27.4 Å². The molecule has 0 aliphatic carbocycles. The maximum absolute atomic E-state index is 13.0. The second-order valence-corrected chi connectivity index (χ2v) is 9.23. The van der Waals surface area contributed by atoms with E-state index in [1.165, 1.54) is 17.8 Å². The molecule has 0 aromatic carbocycles. The molecule has 28 heavy (non-hydrogen) atoms. The molecular weight excluding hydrogens is 392 g/mol. The minimum Gasteiger partial charge on any atom is -0.342 e. The summed E-state index contributed by atoms with van der Waals surface area (Å²) in [4.78, 5) is 36.8. The van der Waals surface area contributed by atoms with Gasteiger partial charge in [-0.2, -0.15) is 11.3 Å². The fraction of sp³-hybridized carbons (Fsp3) is 0.550. The molecule has 2 aliphatic rings. The number of amides is 2. The van der Waals surface area contributed by atoms with Gasteiger partial charge in [0.1, 0.15) is 9.88 Å². The van der Waals surface area contributed by atoms with Crippen molar-refractivity contribution >= 4 is 34.5 Å². The Hall–Kier alpha value is -1.77. The van der Waals surface area contributed by atoms with Crippen LogP contribution in [0.3, 0.4) is 0 Å². The maximum atomic E-state index is 13.0. The van der Waals surface area contributed by atoms with Crippen molar-refractivity contribution in [1.29, 1.82) is 0 Å². The number of likely N-dealkylation sites (tertiary alicyclic amines) is 1. The Morgan fingerprint density at radius 1 is 1.04 bits per heavy atom. The van der Waals surface area contributed by atoms with Crippen LogP contribution >= 0.6 is 22.7 Å². The zero-order chi connectivity index (χ0) is 19.5. The first-order valence-electron chi connectivity index (χ1n) is 9.91. The maximum Gasteiger partial charge on any atom is 0.265 e. The van der Waals surface area contributed by atoms with Crippen LogP contribution in [0.15, 0.2) is 16.8 Å². The van der Waals surface area contributed by atoms with E-state index in [9.17, 15) is 9.59 Å². The number of thiophene rings is 1. The Balaban J connectivity index is 1.32. The predicted molar refractivity (Wildman–Crippen MR) is 113 cm³/mol. The van der Waals surface area contributed by atoms with Gasteiger partial charge < -0.3 is 9.80 Å². The smallest absolute Gasteiger partial charge is 0.265 e. The fourth-order valence-corrected chi connectivity index (χ4v) is 5.54. The van der Waals surface area contributed by atoms with E-state index < -0.39 is 0 Å².